The minimum atomic E-state index is -0.640. The van der Waals surface area contributed by atoms with E-state index in [4.69, 9.17) is 4.74 Å². The zero-order valence-electron chi connectivity index (χ0n) is 12.9. The van der Waals surface area contributed by atoms with Crippen molar-refractivity contribution in [2.75, 3.05) is 7.11 Å². The van der Waals surface area contributed by atoms with Crippen molar-refractivity contribution in [3.8, 4) is 5.75 Å². The van der Waals surface area contributed by atoms with Crippen molar-refractivity contribution in [2.24, 2.45) is 0 Å². The van der Waals surface area contributed by atoms with E-state index in [1.165, 1.54) is 19.2 Å². The number of nitrogens with one attached hydrogen (secondary N) is 1. The third-order valence-corrected chi connectivity index (χ3v) is 2.66. The first-order chi connectivity index (χ1) is 9.64. The van der Waals surface area contributed by atoms with Crippen LogP contribution in [0, 0.1) is 0 Å². The summed E-state index contributed by atoms with van der Waals surface area (Å²) in [6.07, 6.45) is -0.553. The van der Waals surface area contributed by atoms with Gasteiger partial charge in [-0.1, -0.05) is 6.07 Å². The number of amides is 1. The van der Waals surface area contributed by atoms with E-state index < -0.39 is 17.7 Å². The van der Waals surface area contributed by atoms with Gasteiger partial charge in [0.05, 0.1) is 13.2 Å². The number of carbonyl (C=O) groups is 2. The molecule has 1 rings (SSSR count). The Labute approximate surface area is 124 Å². The van der Waals surface area contributed by atoms with Gasteiger partial charge in [-0.05, 0) is 45.4 Å². The Morgan fingerprint density at radius 3 is 2.43 bits per heavy atom. The first kappa shape index (κ1) is 16.8. The Morgan fingerprint density at radius 2 is 1.90 bits per heavy atom. The van der Waals surface area contributed by atoms with E-state index in [2.05, 4.69) is 10.1 Å². The predicted octanol–water partition coefficient (Wildman–Crippen LogP) is 2.76. The topological polar surface area (TPSA) is 84.9 Å². The molecule has 0 spiro atoms. The summed E-state index contributed by atoms with van der Waals surface area (Å²) in [7, 11) is 1.23. The second-order valence-corrected chi connectivity index (χ2v) is 5.64. The van der Waals surface area contributed by atoms with Crippen LogP contribution in [0.2, 0.25) is 0 Å². The zero-order chi connectivity index (χ0) is 16.2. The van der Waals surface area contributed by atoms with E-state index in [0.29, 0.717) is 5.56 Å². The quantitative estimate of drug-likeness (QED) is 0.838. The number of aromatic hydroxyl groups is 1. The molecule has 0 bridgehead atoms. The summed E-state index contributed by atoms with van der Waals surface area (Å²) in [5.74, 6) is -0.811. The average Bonchev–Trinajstić information content (AvgIpc) is 2.35. The molecule has 0 aliphatic rings. The minimum absolute atomic E-state index is 0.0489. The van der Waals surface area contributed by atoms with Gasteiger partial charge in [0.1, 0.15) is 16.9 Å². The lowest BCUT2D eigenvalue weighted by Crippen LogP contribution is -2.34. The van der Waals surface area contributed by atoms with Crippen LogP contribution in [0.3, 0.4) is 0 Å². The normalized spacial score (nSPS) is 12.4. The van der Waals surface area contributed by atoms with Crippen LogP contribution in [-0.2, 0) is 9.47 Å². The number of esters is 1. The SMILES string of the molecule is COC(=O)c1cc(C(C)NC(=O)OC(C)(C)C)ccc1O. The monoisotopic (exact) mass is 295 g/mol. The van der Waals surface area contributed by atoms with Gasteiger partial charge in [0.2, 0.25) is 0 Å². The van der Waals surface area contributed by atoms with E-state index in [1.807, 2.05) is 0 Å². The molecule has 1 atom stereocenters. The smallest absolute Gasteiger partial charge is 0.408 e. The molecule has 0 radical (unpaired) electrons. The minimum Gasteiger partial charge on any atom is -0.507 e. The number of rotatable bonds is 3. The highest BCUT2D eigenvalue weighted by Crippen LogP contribution is 2.23. The molecule has 6 nitrogen and oxygen atoms in total. The van der Waals surface area contributed by atoms with Gasteiger partial charge in [0.25, 0.3) is 0 Å². The molecule has 0 aliphatic heterocycles. The van der Waals surface area contributed by atoms with Gasteiger partial charge in [0.15, 0.2) is 0 Å². The number of alkyl carbamates (subject to hydrolysis) is 1. The molecule has 1 amide bonds. The van der Waals surface area contributed by atoms with Crippen molar-refractivity contribution >= 4 is 12.1 Å². The Morgan fingerprint density at radius 1 is 1.29 bits per heavy atom. The number of ether oxygens (including phenoxy) is 2. The van der Waals surface area contributed by atoms with Crippen LogP contribution in [0.4, 0.5) is 4.79 Å². The van der Waals surface area contributed by atoms with E-state index in [0.717, 1.165) is 0 Å². The number of phenols is 1. The molecule has 116 valence electrons. The molecular formula is C15H21NO5. The molecule has 0 aliphatic carbocycles. The van der Waals surface area contributed by atoms with E-state index in [-0.39, 0.29) is 17.4 Å². The molecule has 2 N–H and O–H groups in total. The lowest BCUT2D eigenvalue weighted by atomic mass is 10.0. The molecule has 1 unspecified atom stereocenters. The number of benzene rings is 1. The number of phenolic OH excluding ortho intramolecular Hbond substituents is 1. The van der Waals surface area contributed by atoms with Crippen LogP contribution < -0.4 is 5.32 Å². The van der Waals surface area contributed by atoms with Gasteiger partial charge in [-0.15, -0.1) is 0 Å². The lowest BCUT2D eigenvalue weighted by molar-refractivity contribution is 0.0507. The number of methoxy groups -OCH3 is 1. The van der Waals surface area contributed by atoms with Crippen LogP contribution in [-0.4, -0.2) is 29.9 Å². The Hall–Kier alpha value is -2.24. The van der Waals surface area contributed by atoms with Crippen molar-refractivity contribution in [3.05, 3.63) is 29.3 Å². The fraction of sp³-hybridized carbons (Fsp3) is 0.467. The number of hydrogen-bond donors (Lipinski definition) is 2. The highest BCUT2D eigenvalue weighted by atomic mass is 16.6. The lowest BCUT2D eigenvalue weighted by Gasteiger charge is -2.22. The fourth-order valence-electron chi connectivity index (χ4n) is 1.66. The maximum atomic E-state index is 11.7. The summed E-state index contributed by atoms with van der Waals surface area (Å²) < 4.78 is 9.75. The third-order valence-electron chi connectivity index (χ3n) is 2.66. The Kier molecular flexibility index (Phi) is 5.18. The largest absolute Gasteiger partial charge is 0.507 e. The van der Waals surface area contributed by atoms with Gasteiger partial charge in [-0.3, -0.25) is 0 Å². The van der Waals surface area contributed by atoms with Gasteiger partial charge in [-0.2, -0.15) is 0 Å². The van der Waals surface area contributed by atoms with Crippen molar-refractivity contribution in [3.63, 3.8) is 0 Å². The first-order valence-electron chi connectivity index (χ1n) is 6.55. The molecule has 0 saturated carbocycles. The molecular weight excluding hydrogens is 274 g/mol. The number of carbonyl (C=O) groups excluding carboxylic acids is 2. The molecule has 0 heterocycles. The summed E-state index contributed by atoms with van der Waals surface area (Å²) >= 11 is 0. The van der Waals surface area contributed by atoms with Gasteiger partial charge < -0.3 is 19.9 Å². The maximum absolute atomic E-state index is 11.7. The molecule has 0 saturated heterocycles. The molecule has 0 fully saturated rings. The van der Waals surface area contributed by atoms with E-state index >= 15 is 0 Å². The molecule has 21 heavy (non-hydrogen) atoms. The third kappa shape index (κ3) is 4.98. The molecule has 1 aromatic rings. The van der Waals surface area contributed by atoms with Crippen LogP contribution in [0.25, 0.3) is 0 Å². The predicted molar refractivity (Wildman–Crippen MR) is 77.2 cm³/mol. The average molecular weight is 295 g/mol. The highest BCUT2D eigenvalue weighted by molar-refractivity contribution is 5.92. The zero-order valence-corrected chi connectivity index (χ0v) is 12.9. The first-order valence-corrected chi connectivity index (χ1v) is 6.55. The van der Waals surface area contributed by atoms with Crippen molar-refractivity contribution in [1.82, 2.24) is 5.32 Å². The molecule has 1 aromatic carbocycles. The highest BCUT2D eigenvalue weighted by Gasteiger charge is 2.20. The summed E-state index contributed by atoms with van der Waals surface area (Å²) in [4.78, 5) is 23.2. The van der Waals surface area contributed by atoms with Crippen LogP contribution in [0.1, 0.15) is 49.7 Å². The second-order valence-electron chi connectivity index (χ2n) is 5.64. The van der Waals surface area contributed by atoms with Crippen molar-refractivity contribution in [1.29, 1.82) is 0 Å². The van der Waals surface area contributed by atoms with Gasteiger partial charge in [0, 0.05) is 0 Å². The summed E-state index contributed by atoms with van der Waals surface area (Å²) in [5, 5.41) is 12.3. The summed E-state index contributed by atoms with van der Waals surface area (Å²) in [6, 6.07) is 4.09. The fourth-order valence-corrected chi connectivity index (χ4v) is 1.66. The van der Waals surface area contributed by atoms with E-state index in [9.17, 15) is 14.7 Å². The van der Waals surface area contributed by atoms with Crippen LogP contribution >= 0.6 is 0 Å². The maximum Gasteiger partial charge on any atom is 0.408 e. The number of hydrogen-bond acceptors (Lipinski definition) is 5. The van der Waals surface area contributed by atoms with Gasteiger partial charge in [-0.25, -0.2) is 9.59 Å². The Bertz CT molecular complexity index is 533. The van der Waals surface area contributed by atoms with Gasteiger partial charge >= 0.3 is 12.1 Å². The van der Waals surface area contributed by atoms with Crippen molar-refractivity contribution in [2.45, 2.75) is 39.3 Å². The molecule has 6 heteroatoms. The van der Waals surface area contributed by atoms with Crippen LogP contribution in [0.5, 0.6) is 5.75 Å². The van der Waals surface area contributed by atoms with Crippen LogP contribution in [0.15, 0.2) is 18.2 Å². The second kappa shape index (κ2) is 6.47. The standard InChI is InChI=1S/C15H21NO5/c1-9(16-14(19)21-15(2,3)4)10-6-7-12(17)11(8-10)13(18)20-5/h6-9,17H,1-5H3,(H,16,19). The van der Waals surface area contributed by atoms with E-state index in [1.54, 1.807) is 33.8 Å². The summed E-state index contributed by atoms with van der Waals surface area (Å²) in [6.45, 7) is 7.06. The summed E-state index contributed by atoms with van der Waals surface area (Å²) in [5.41, 5.74) is 0.113. The van der Waals surface area contributed by atoms with Crippen molar-refractivity contribution < 1.29 is 24.2 Å². The Balaban J connectivity index is 2.86. The molecule has 0 aromatic heterocycles.